The second-order valence-corrected chi connectivity index (χ2v) is 4.56. The highest BCUT2D eigenvalue weighted by Gasteiger charge is 2.41. The minimum Gasteiger partial charge on any atom is -0.385 e. The smallest absolute Gasteiger partial charge is 0.0468 e. The van der Waals surface area contributed by atoms with Crippen LogP contribution in [0.25, 0.3) is 0 Å². The van der Waals surface area contributed by atoms with Gasteiger partial charge in [0.25, 0.3) is 0 Å². The molecule has 1 rings (SSSR count). The third-order valence-electron chi connectivity index (χ3n) is 3.24. The Morgan fingerprint density at radius 2 is 2.14 bits per heavy atom. The van der Waals surface area contributed by atoms with Crippen LogP contribution in [0, 0.1) is 5.41 Å². The van der Waals surface area contributed by atoms with E-state index in [2.05, 4.69) is 17.6 Å². The standard InChI is InChI=1S/C11H24N2O/c1-10(12-2)8-13-9-11(4-5-11)6-7-14-3/h10,12-13H,4-9H2,1-3H3. The van der Waals surface area contributed by atoms with Gasteiger partial charge < -0.3 is 15.4 Å². The van der Waals surface area contributed by atoms with Crippen LogP contribution in [0.4, 0.5) is 0 Å². The second-order valence-electron chi connectivity index (χ2n) is 4.56. The van der Waals surface area contributed by atoms with Crippen molar-refractivity contribution in [2.24, 2.45) is 5.41 Å². The van der Waals surface area contributed by atoms with Crippen molar-refractivity contribution in [2.45, 2.75) is 32.2 Å². The first kappa shape index (κ1) is 12.0. The van der Waals surface area contributed by atoms with Crippen LogP contribution in [-0.2, 0) is 4.74 Å². The molecule has 0 heterocycles. The highest BCUT2D eigenvalue weighted by atomic mass is 16.5. The molecule has 14 heavy (non-hydrogen) atoms. The van der Waals surface area contributed by atoms with E-state index in [0.717, 1.165) is 19.7 Å². The first-order chi connectivity index (χ1) is 6.72. The summed E-state index contributed by atoms with van der Waals surface area (Å²) in [6.07, 6.45) is 3.96. The summed E-state index contributed by atoms with van der Waals surface area (Å²) in [5, 5.41) is 6.76. The molecule has 1 fully saturated rings. The van der Waals surface area contributed by atoms with E-state index in [1.165, 1.54) is 19.3 Å². The van der Waals surface area contributed by atoms with Crippen LogP contribution in [0.3, 0.4) is 0 Å². The number of ether oxygens (including phenoxy) is 1. The zero-order valence-corrected chi connectivity index (χ0v) is 9.73. The van der Waals surface area contributed by atoms with Crippen molar-refractivity contribution in [1.29, 1.82) is 0 Å². The molecule has 3 nitrogen and oxygen atoms in total. The number of rotatable bonds is 8. The molecule has 0 bridgehead atoms. The van der Waals surface area contributed by atoms with Gasteiger partial charge in [-0.15, -0.1) is 0 Å². The lowest BCUT2D eigenvalue weighted by atomic mass is 10.0. The SMILES string of the molecule is CNC(C)CNCC1(CCOC)CC1. The summed E-state index contributed by atoms with van der Waals surface area (Å²) in [5.41, 5.74) is 0.573. The van der Waals surface area contributed by atoms with Crippen molar-refractivity contribution < 1.29 is 4.74 Å². The zero-order chi connectivity index (χ0) is 10.4. The summed E-state index contributed by atoms with van der Waals surface area (Å²) in [7, 11) is 3.79. The average Bonchev–Trinajstić information content (AvgIpc) is 2.95. The summed E-state index contributed by atoms with van der Waals surface area (Å²) in [4.78, 5) is 0. The quantitative estimate of drug-likeness (QED) is 0.613. The fourth-order valence-electron chi connectivity index (χ4n) is 1.67. The van der Waals surface area contributed by atoms with Gasteiger partial charge in [0, 0.05) is 32.8 Å². The number of hydrogen-bond donors (Lipinski definition) is 2. The second kappa shape index (κ2) is 5.69. The summed E-state index contributed by atoms with van der Waals surface area (Å²) in [5.74, 6) is 0. The van der Waals surface area contributed by atoms with Gasteiger partial charge >= 0.3 is 0 Å². The molecule has 1 aliphatic carbocycles. The van der Waals surface area contributed by atoms with Crippen molar-refractivity contribution in [3.63, 3.8) is 0 Å². The van der Waals surface area contributed by atoms with Crippen LogP contribution >= 0.6 is 0 Å². The Bertz CT molecular complexity index is 157. The Labute approximate surface area is 87.6 Å². The van der Waals surface area contributed by atoms with Gasteiger partial charge in [0.05, 0.1) is 0 Å². The largest absolute Gasteiger partial charge is 0.385 e. The van der Waals surface area contributed by atoms with Crippen LogP contribution in [0.5, 0.6) is 0 Å². The van der Waals surface area contributed by atoms with E-state index in [4.69, 9.17) is 4.74 Å². The molecule has 0 saturated heterocycles. The Morgan fingerprint density at radius 1 is 1.43 bits per heavy atom. The predicted molar refractivity (Wildman–Crippen MR) is 59.6 cm³/mol. The van der Waals surface area contributed by atoms with Crippen LogP contribution in [0.1, 0.15) is 26.2 Å². The van der Waals surface area contributed by atoms with Gasteiger partial charge in [-0.2, -0.15) is 0 Å². The van der Waals surface area contributed by atoms with Crippen molar-refractivity contribution in [2.75, 3.05) is 33.9 Å². The topological polar surface area (TPSA) is 33.3 Å². The molecule has 1 aliphatic rings. The molecule has 0 amide bonds. The number of nitrogens with one attached hydrogen (secondary N) is 2. The molecule has 0 spiro atoms. The monoisotopic (exact) mass is 200 g/mol. The maximum Gasteiger partial charge on any atom is 0.0468 e. The molecule has 0 aromatic rings. The molecule has 0 aromatic heterocycles. The Kier molecular flexibility index (Phi) is 4.85. The highest BCUT2D eigenvalue weighted by molar-refractivity contribution is 4.94. The molecule has 0 aliphatic heterocycles. The number of hydrogen-bond acceptors (Lipinski definition) is 3. The van der Waals surface area contributed by atoms with Gasteiger partial charge in [0.15, 0.2) is 0 Å². The molecule has 0 aromatic carbocycles. The van der Waals surface area contributed by atoms with Crippen LogP contribution in [0.15, 0.2) is 0 Å². The first-order valence-electron chi connectivity index (χ1n) is 5.59. The van der Waals surface area contributed by atoms with Gasteiger partial charge in [0.1, 0.15) is 0 Å². The molecular formula is C11H24N2O. The zero-order valence-electron chi connectivity index (χ0n) is 9.73. The third-order valence-corrected chi connectivity index (χ3v) is 3.24. The maximum atomic E-state index is 5.13. The Balaban J connectivity index is 2.05. The average molecular weight is 200 g/mol. The van der Waals surface area contributed by atoms with E-state index in [1.54, 1.807) is 7.11 Å². The molecular weight excluding hydrogens is 176 g/mol. The number of likely N-dealkylation sites (N-methyl/N-ethyl adjacent to an activating group) is 1. The predicted octanol–water partition coefficient (Wildman–Crippen LogP) is 1.00. The van der Waals surface area contributed by atoms with Gasteiger partial charge in [-0.1, -0.05) is 0 Å². The molecule has 3 heteroatoms. The maximum absolute atomic E-state index is 5.13. The van der Waals surface area contributed by atoms with Crippen molar-refractivity contribution in [3.05, 3.63) is 0 Å². The summed E-state index contributed by atoms with van der Waals surface area (Å²) >= 11 is 0. The van der Waals surface area contributed by atoms with Gasteiger partial charge in [0.2, 0.25) is 0 Å². The molecule has 1 saturated carbocycles. The van der Waals surface area contributed by atoms with Crippen LogP contribution in [0.2, 0.25) is 0 Å². The van der Waals surface area contributed by atoms with E-state index < -0.39 is 0 Å². The minimum atomic E-state index is 0.563. The van der Waals surface area contributed by atoms with Crippen LogP contribution < -0.4 is 10.6 Å². The van der Waals surface area contributed by atoms with Gasteiger partial charge in [-0.05, 0) is 38.6 Å². The first-order valence-corrected chi connectivity index (χ1v) is 5.59. The molecule has 1 unspecified atom stereocenters. The summed E-state index contributed by atoms with van der Waals surface area (Å²) < 4.78 is 5.13. The van der Waals surface area contributed by atoms with Crippen molar-refractivity contribution in [3.8, 4) is 0 Å². The number of methoxy groups -OCH3 is 1. The fourth-order valence-corrected chi connectivity index (χ4v) is 1.67. The fraction of sp³-hybridized carbons (Fsp3) is 1.00. The highest BCUT2D eigenvalue weighted by Crippen LogP contribution is 2.48. The molecule has 1 atom stereocenters. The molecule has 0 radical (unpaired) electrons. The molecule has 84 valence electrons. The summed E-state index contributed by atoms with van der Waals surface area (Å²) in [6.45, 7) is 5.32. The third kappa shape index (κ3) is 3.95. The molecule has 2 N–H and O–H groups in total. The van der Waals surface area contributed by atoms with Crippen LogP contribution in [-0.4, -0.2) is 39.9 Å². The Hall–Kier alpha value is -0.120. The normalized spacial score (nSPS) is 20.8. The lowest BCUT2D eigenvalue weighted by molar-refractivity contribution is 0.171. The summed E-state index contributed by atoms with van der Waals surface area (Å²) in [6, 6.07) is 0.563. The van der Waals surface area contributed by atoms with E-state index in [1.807, 2.05) is 7.05 Å². The van der Waals surface area contributed by atoms with E-state index >= 15 is 0 Å². The van der Waals surface area contributed by atoms with E-state index in [9.17, 15) is 0 Å². The van der Waals surface area contributed by atoms with Gasteiger partial charge in [-0.25, -0.2) is 0 Å². The lowest BCUT2D eigenvalue weighted by Gasteiger charge is -2.17. The van der Waals surface area contributed by atoms with Gasteiger partial charge in [-0.3, -0.25) is 0 Å². The van der Waals surface area contributed by atoms with Crippen molar-refractivity contribution >= 4 is 0 Å². The van der Waals surface area contributed by atoms with Crippen molar-refractivity contribution in [1.82, 2.24) is 10.6 Å². The minimum absolute atomic E-state index is 0.563. The van der Waals surface area contributed by atoms with E-state index in [0.29, 0.717) is 11.5 Å². The van der Waals surface area contributed by atoms with E-state index in [-0.39, 0.29) is 0 Å². The Morgan fingerprint density at radius 3 is 2.64 bits per heavy atom. The lowest BCUT2D eigenvalue weighted by Crippen LogP contribution is -2.36.